The number of benzene rings is 1. The number of nitrogens with zero attached hydrogens (tertiary/aromatic N) is 1. The molecule has 0 bridgehead atoms. The topological polar surface area (TPSA) is 61.8 Å². The van der Waals surface area contributed by atoms with Crippen LogP contribution in [0, 0.1) is 0 Å². The van der Waals surface area contributed by atoms with Crippen molar-refractivity contribution in [3.63, 3.8) is 0 Å². The number of nitrogens with one attached hydrogen (secondary N) is 1. The molecule has 1 aromatic rings. The van der Waals surface area contributed by atoms with Crippen molar-refractivity contribution < 1.29 is 14.6 Å². The van der Waals surface area contributed by atoms with Crippen LogP contribution in [-0.4, -0.2) is 47.4 Å². The monoisotopic (exact) mass is 332 g/mol. The van der Waals surface area contributed by atoms with Gasteiger partial charge in [0.1, 0.15) is 0 Å². The second kappa shape index (κ2) is 7.99. The lowest BCUT2D eigenvalue weighted by Crippen LogP contribution is -2.49. The van der Waals surface area contributed by atoms with E-state index < -0.39 is 6.10 Å². The zero-order valence-electron chi connectivity index (χ0n) is 14.4. The Labute approximate surface area is 144 Å². The van der Waals surface area contributed by atoms with Crippen LogP contribution in [0.5, 0.6) is 0 Å². The predicted octanol–water partition coefficient (Wildman–Crippen LogP) is 2.85. The van der Waals surface area contributed by atoms with Crippen LogP contribution in [-0.2, 0) is 4.74 Å². The molecule has 132 valence electrons. The van der Waals surface area contributed by atoms with Crippen molar-refractivity contribution in [1.29, 1.82) is 0 Å². The smallest absolute Gasteiger partial charge is 0.317 e. The Morgan fingerprint density at radius 2 is 2.12 bits per heavy atom. The van der Waals surface area contributed by atoms with Gasteiger partial charge in [-0.1, -0.05) is 30.3 Å². The molecule has 2 aliphatic heterocycles. The highest BCUT2D eigenvalue weighted by atomic mass is 16.5. The molecule has 0 aromatic heterocycles. The van der Waals surface area contributed by atoms with Crippen molar-refractivity contribution in [2.45, 2.75) is 63.3 Å². The molecular formula is C19H28N2O3. The molecule has 1 aromatic carbocycles. The van der Waals surface area contributed by atoms with Gasteiger partial charge in [-0.3, -0.25) is 0 Å². The third-order valence-corrected chi connectivity index (χ3v) is 5.19. The number of aliphatic hydroxyl groups excluding tert-OH is 1. The van der Waals surface area contributed by atoms with E-state index in [1.807, 2.05) is 42.2 Å². The number of urea groups is 1. The molecule has 5 heteroatoms. The standard InChI is InChI=1S/C19H28N2O3/c1-14(18-10-6-12-24-18)20-19(23)21-11-5-9-16(21)13-17(22)15-7-3-2-4-8-15/h2-4,7-8,14,16-18,22H,5-6,9-13H2,1H3,(H,20,23)/t14-,16+,17+,18+/m0/s1. The number of carbonyl (C=O) groups excluding carboxylic acids is 1. The molecule has 0 spiro atoms. The number of carbonyl (C=O) groups is 1. The fraction of sp³-hybridized carbons (Fsp3) is 0.632. The molecule has 2 heterocycles. The number of hydrogen-bond donors (Lipinski definition) is 2. The van der Waals surface area contributed by atoms with Gasteiger partial charge in [-0.25, -0.2) is 4.79 Å². The maximum absolute atomic E-state index is 12.6. The summed E-state index contributed by atoms with van der Waals surface area (Å²) in [6, 6.07) is 9.77. The lowest BCUT2D eigenvalue weighted by atomic mass is 10.0. The van der Waals surface area contributed by atoms with E-state index in [1.54, 1.807) is 0 Å². The number of rotatable bonds is 5. The Morgan fingerprint density at radius 1 is 1.33 bits per heavy atom. The normalized spacial score (nSPS) is 26.3. The van der Waals surface area contributed by atoms with E-state index in [4.69, 9.17) is 4.74 Å². The molecule has 4 atom stereocenters. The third-order valence-electron chi connectivity index (χ3n) is 5.19. The number of ether oxygens (including phenoxy) is 1. The quantitative estimate of drug-likeness (QED) is 0.871. The first-order valence-corrected chi connectivity index (χ1v) is 9.07. The van der Waals surface area contributed by atoms with Crippen molar-refractivity contribution in [1.82, 2.24) is 10.2 Å². The zero-order chi connectivity index (χ0) is 16.9. The summed E-state index contributed by atoms with van der Waals surface area (Å²) in [4.78, 5) is 14.5. The first-order valence-electron chi connectivity index (χ1n) is 9.07. The van der Waals surface area contributed by atoms with Gasteiger partial charge in [-0.2, -0.15) is 0 Å². The van der Waals surface area contributed by atoms with Gasteiger partial charge in [-0.15, -0.1) is 0 Å². The number of aliphatic hydroxyl groups is 1. The summed E-state index contributed by atoms with van der Waals surface area (Å²) in [6.07, 6.45) is 4.22. The van der Waals surface area contributed by atoms with E-state index in [9.17, 15) is 9.90 Å². The van der Waals surface area contributed by atoms with Crippen molar-refractivity contribution >= 4 is 6.03 Å². The van der Waals surface area contributed by atoms with Crippen LogP contribution in [0.3, 0.4) is 0 Å². The van der Waals surface area contributed by atoms with E-state index in [1.165, 1.54) is 0 Å². The van der Waals surface area contributed by atoms with Crippen LogP contribution in [0.1, 0.15) is 50.7 Å². The summed E-state index contributed by atoms with van der Waals surface area (Å²) in [5, 5.41) is 13.5. The fourth-order valence-corrected chi connectivity index (χ4v) is 3.78. The van der Waals surface area contributed by atoms with Crippen molar-refractivity contribution in [3.05, 3.63) is 35.9 Å². The van der Waals surface area contributed by atoms with E-state index >= 15 is 0 Å². The second-order valence-corrected chi connectivity index (χ2v) is 6.94. The highest BCUT2D eigenvalue weighted by Gasteiger charge is 2.32. The van der Waals surface area contributed by atoms with Gasteiger partial charge < -0.3 is 20.1 Å². The molecule has 2 fully saturated rings. The maximum atomic E-state index is 12.6. The molecule has 2 N–H and O–H groups in total. The van der Waals surface area contributed by atoms with E-state index in [-0.39, 0.29) is 24.2 Å². The summed E-state index contributed by atoms with van der Waals surface area (Å²) >= 11 is 0. The van der Waals surface area contributed by atoms with Gasteiger partial charge in [-0.05, 0) is 44.6 Å². The third kappa shape index (κ3) is 4.08. The molecule has 2 amide bonds. The first kappa shape index (κ1) is 17.2. The van der Waals surface area contributed by atoms with Gasteiger partial charge in [0.25, 0.3) is 0 Å². The van der Waals surface area contributed by atoms with Crippen LogP contribution < -0.4 is 5.32 Å². The fourth-order valence-electron chi connectivity index (χ4n) is 3.78. The maximum Gasteiger partial charge on any atom is 0.317 e. The predicted molar refractivity (Wildman–Crippen MR) is 92.7 cm³/mol. The first-order chi connectivity index (χ1) is 11.6. The summed E-state index contributed by atoms with van der Waals surface area (Å²) in [6.45, 7) is 3.56. The minimum Gasteiger partial charge on any atom is -0.388 e. The van der Waals surface area contributed by atoms with E-state index in [2.05, 4.69) is 5.32 Å². The van der Waals surface area contributed by atoms with E-state index in [0.717, 1.165) is 44.4 Å². The summed E-state index contributed by atoms with van der Waals surface area (Å²) in [5.41, 5.74) is 0.914. The molecule has 24 heavy (non-hydrogen) atoms. The molecular weight excluding hydrogens is 304 g/mol. The lowest BCUT2D eigenvalue weighted by Gasteiger charge is -2.29. The molecule has 5 nitrogen and oxygen atoms in total. The summed E-state index contributed by atoms with van der Waals surface area (Å²) < 4.78 is 5.65. The summed E-state index contributed by atoms with van der Waals surface area (Å²) in [5.74, 6) is 0. The Hall–Kier alpha value is -1.59. The van der Waals surface area contributed by atoms with Crippen LogP contribution >= 0.6 is 0 Å². The van der Waals surface area contributed by atoms with Gasteiger partial charge in [0, 0.05) is 19.2 Å². The number of hydrogen-bond acceptors (Lipinski definition) is 3. The average Bonchev–Trinajstić information content (AvgIpc) is 3.27. The molecule has 0 saturated carbocycles. The largest absolute Gasteiger partial charge is 0.388 e. The number of likely N-dealkylation sites (tertiary alicyclic amines) is 1. The summed E-state index contributed by atoms with van der Waals surface area (Å²) in [7, 11) is 0. The van der Waals surface area contributed by atoms with Gasteiger partial charge in [0.05, 0.1) is 18.2 Å². The highest BCUT2D eigenvalue weighted by molar-refractivity contribution is 5.75. The minimum absolute atomic E-state index is 0.0271. The molecule has 2 saturated heterocycles. The average molecular weight is 332 g/mol. The zero-order valence-corrected chi connectivity index (χ0v) is 14.4. The van der Waals surface area contributed by atoms with Crippen molar-refractivity contribution in [3.8, 4) is 0 Å². The minimum atomic E-state index is -0.528. The van der Waals surface area contributed by atoms with Gasteiger partial charge >= 0.3 is 6.03 Å². The molecule has 3 rings (SSSR count). The van der Waals surface area contributed by atoms with Crippen LogP contribution in [0.15, 0.2) is 30.3 Å². The van der Waals surface area contributed by atoms with Crippen LogP contribution in [0.25, 0.3) is 0 Å². The Kier molecular flexibility index (Phi) is 5.74. The van der Waals surface area contributed by atoms with Gasteiger partial charge in [0.2, 0.25) is 0 Å². The van der Waals surface area contributed by atoms with Crippen LogP contribution in [0.2, 0.25) is 0 Å². The Balaban J connectivity index is 1.55. The van der Waals surface area contributed by atoms with Crippen molar-refractivity contribution in [2.24, 2.45) is 0 Å². The van der Waals surface area contributed by atoms with Crippen LogP contribution in [0.4, 0.5) is 4.79 Å². The Morgan fingerprint density at radius 3 is 2.83 bits per heavy atom. The molecule has 0 aliphatic carbocycles. The molecule has 2 aliphatic rings. The second-order valence-electron chi connectivity index (χ2n) is 6.94. The Bertz CT molecular complexity index is 531. The molecule has 0 radical (unpaired) electrons. The lowest BCUT2D eigenvalue weighted by molar-refractivity contribution is 0.0810. The number of amides is 2. The van der Waals surface area contributed by atoms with Crippen molar-refractivity contribution in [2.75, 3.05) is 13.2 Å². The highest BCUT2D eigenvalue weighted by Crippen LogP contribution is 2.27. The van der Waals surface area contributed by atoms with Gasteiger partial charge in [0.15, 0.2) is 0 Å². The van der Waals surface area contributed by atoms with E-state index in [0.29, 0.717) is 6.42 Å². The molecule has 0 unspecified atom stereocenters. The SMILES string of the molecule is C[C@H](NC(=O)N1CCC[C@@H]1C[C@@H](O)c1ccccc1)[C@H]1CCCO1.